The summed E-state index contributed by atoms with van der Waals surface area (Å²) in [5.41, 5.74) is 1.07. The van der Waals surface area contributed by atoms with E-state index < -0.39 is 11.4 Å². The molecule has 4 nitrogen and oxygen atoms in total. The lowest BCUT2D eigenvalue weighted by molar-refractivity contribution is -0.146. The maximum atomic E-state index is 11.2. The number of aromatic nitrogens is 2. The van der Waals surface area contributed by atoms with Gasteiger partial charge in [-0.05, 0) is 32.0 Å². The van der Waals surface area contributed by atoms with Gasteiger partial charge in [0, 0.05) is 17.9 Å². The van der Waals surface area contributed by atoms with Crippen LogP contribution in [-0.4, -0.2) is 20.6 Å². The van der Waals surface area contributed by atoms with Crippen LogP contribution in [0.3, 0.4) is 0 Å². The standard InChI is InChI=1S/C13H15BrN2O2/c1-13(2,12(17)18)7-11-15-9-6-8(14)4-5-10(9)16(11)3/h4-6H,7H2,1-3H3,(H,17,18). The molecular weight excluding hydrogens is 296 g/mol. The highest BCUT2D eigenvalue weighted by Crippen LogP contribution is 2.25. The highest BCUT2D eigenvalue weighted by molar-refractivity contribution is 9.10. The third-order valence-electron chi connectivity index (χ3n) is 3.11. The minimum atomic E-state index is -0.813. The van der Waals surface area contributed by atoms with E-state index in [1.165, 1.54) is 0 Å². The van der Waals surface area contributed by atoms with Gasteiger partial charge in [0.1, 0.15) is 5.82 Å². The minimum absolute atomic E-state index is 0.408. The van der Waals surface area contributed by atoms with Crippen LogP contribution in [0.25, 0.3) is 11.0 Å². The molecule has 1 heterocycles. The number of rotatable bonds is 3. The number of hydrogen-bond donors (Lipinski definition) is 1. The molecule has 0 saturated heterocycles. The summed E-state index contributed by atoms with van der Waals surface area (Å²) in [5.74, 6) is -0.0220. The van der Waals surface area contributed by atoms with Gasteiger partial charge in [-0.2, -0.15) is 0 Å². The van der Waals surface area contributed by atoms with Crippen molar-refractivity contribution >= 4 is 32.9 Å². The van der Waals surface area contributed by atoms with E-state index in [9.17, 15) is 4.79 Å². The van der Waals surface area contributed by atoms with Gasteiger partial charge in [-0.1, -0.05) is 15.9 Å². The van der Waals surface area contributed by atoms with Crippen molar-refractivity contribution in [3.05, 3.63) is 28.5 Å². The molecule has 0 amide bonds. The fraction of sp³-hybridized carbons (Fsp3) is 0.385. The molecule has 96 valence electrons. The number of aryl methyl sites for hydroxylation is 1. The third-order valence-corrected chi connectivity index (χ3v) is 3.61. The summed E-state index contributed by atoms with van der Waals surface area (Å²) in [5, 5.41) is 9.17. The summed E-state index contributed by atoms with van der Waals surface area (Å²) in [4.78, 5) is 15.7. The number of benzene rings is 1. The third kappa shape index (κ3) is 2.27. The number of aliphatic carboxylic acids is 1. The molecule has 0 bridgehead atoms. The Bertz CT molecular complexity index is 617. The molecule has 0 radical (unpaired) electrons. The van der Waals surface area contributed by atoms with Crippen molar-refractivity contribution < 1.29 is 9.90 Å². The van der Waals surface area contributed by atoms with E-state index in [2.05, 4.69) is 20.9 Å². The molecule has 18 heavy (non-hydrogen) atoms. The van der Waals surface area contributed by atoms with Crippen LogP contribution in [0.1, 0.15) is 19.7 Å². The number of carbonyl (C=O) groups is 1. The number of hydrogen-bond acceptors (Lipinski definition) is 2. The lowest BCUT2D eigenvalue weighted by atomic mass is 9.89. The first-order chi connectivity index (χ1) is 8.31. The first-order valence-electron chi connectivity index (χ1n) is 5.65. The summed E-state index contributed by atoms with van der Waals surface area (Å²) in [6.45, 7) is 3.43. The normalized spacial score (nSPS) is 12.0. The van der Waals surface area contributed by atoms with Crippen molar-refractivity contribution in [3.63, 3.8) is 0 Å². The maximum Gasteiger partial charge on any atom is 0.309 e. The number of fused-ring (bicyclic) bond motifs is 1. The summed E-state index contributed by atoms with van der Waals surface area (Å²) < 4.78 is 2.92. The topological polar surface area (TPSA) is 55.1 Å². The molecule has 0 aliphatic carbocycles. The molecule has 1 N–H and O–H groups in total. The Balaban J connectivity index is 2.46. The Labute approximate surface area is 114 Å². The van der Waals surface area contributed by atoms with Gasteiger partial charge < -0.3 is 9.67 Å². The summed E-state index contributed by atoms with van der Waals surface area (Å²) in [6.07, 6.45) is 0.408. The van der Waals surface area contributed by atoms with E-state index in [0.29, 0.717) is 6.42 Å². The number of halogens is 1. The van der Waals surface area contributed by atoms with Crippen LogP contribution in [0.5, 0.6) is 0 Å². The molecule has 0 saturated carbocycles. The van der Waals surface area contributed by atoms with Crippen molar-refractivity contribution in [2.24, 2.45) is 12.5 Å². The average Bonchev–Trinajstić information content (AvgIpc) is 2.54. The van der Waals surface area contributed by atoms with Crippen LogP contribution < -0.4 is 0 Å². The first kappa shape index (κ1) is 13.1. The first-order valence-corrected chi connectivity index (χ1v) is 6.45. The molecule has 2 aromatic rings. The highest BCUT2D eigenvalue weighted by Gasteiger charge is 2.29. The molecular formula is C13H15BrN2O2. The highest BCUT2D eigenvalue weighted by atomic mass is 79.9. The quantitative estimate of drug-likeness (QED) is 0.948. The predicted molar refractivity (Wildman–Crippen MR) is 73.5 cm³/mol. The number of imidazole rings is 1. The van der Waals surface area contributed by atoms with Crippen LogP contribution in [0, 0.1) is 5.41 Å². The molecule has 0 fully saturated rings. The van der Waals surface area contributed by atoms with Crippen molar-refractivity contribution in [2.45, 2.75) is 20.3 Å². The Morgan fingerprint density at radius 1 is 1.50 bits per heavy atom. The van der Waals surface area contributed by atoms with E-state index in [4.69, 9.17) is 5.11 Å². The van der Waals surface area contributed by atoms with Gasteiger partial charge in [0.05, 0.1) is 16.4 Å². The van der Waals surface area contributed by atoms with Crippen molar-refractivity contribution in [3.8, 4) is 0 Å². The Kier molecular flexibility index (Phi) is 3.19. The van der Waals surface area contributed by atoms with E-state index in [1.54, 1.807) is 13.8 Å². The molecule has 0 atom stereocenters. The number of carboxylic acid groups (broad SMARTS) is 1. The predicted octanol–water partition coefficient (Wildman–Crippen LogP) is 2.99. The van der Waals surface area contributed by atoms with Gasteiger partial charge >= 0.3 is 5.97 Å². The Morgan fingerprint density at radius 3 is 2.78 bits per heavy atom. The van der Waals surface area contributed by atoms with E-state index in [0.717, 1.165) is 21.3 Å². The van der Waals surface area contributed by atoms with Gasteiger partial charge in [0.2, 0.25) is 0 Å². The second kappa shape index (κ2) is 4.39. The van der Waals surface area contributed by atoms with Gasteiger partial charge in [-0.3, -0.25) is 4.79 Å². The largest absolute Gasteiger partial charge is 0.481 e. The molecule has 5 heteroatoms. The summed E-state index contributed by atoms with van der Waals surface area (Å²) in [7, 11) is 1.91. The molecule has 0 unspecified atom stereocenters. The Morgan fingerprint density at radius 2 is 2.17 bits per heavy atom. The lowest BCUT2D eigenvalue weighted by Gasteiger charge is -2.18. The second-order valence-electron chi connectivity index (χ2n) is 5.09. The van der Waals surface area contributed by atoms with E-state index >= 15 is 0 Å². The van der Waals surface area contributed by atoms with Crippen molar-refractivity contribution in [1.29, 1.82) is 0 Å². The summed E-state index contributed by atoms with van der Waals surface area (Å²) >= 11 is 3.41. The van der Waals surface area contributed by atoms with E-state index in [1.807, 2.05) is 29.8 Å². The van der Waals surface area contributed by atoms with Crippen LogP contribution in [0.15, 0.2) is 22.7 Å². The van der Waals surface area contributed by atoms with Crippen LogP contribution in [0.4, 0.5) is 0 Å². The zero-order chi connectivity index (χ0) is 13.5. The van der Waals surface area contributed by atoms with Crippen molar-refractivity contribution in [1.82, 2.24) is 9.55 Å². The fourth-order valence-corrected chi connectivity index (χ4v) is 2.20. The fourth-order valence-electron chi connectivity index (χ4n) is 1.85. The minimum Gasteiger partial charge on any atom is -0.481 e. The SMILES string of the molecule is Cn1c(CC(C)(C)C(=O)O)nc2cc(Br)ccc21. The molecule has 0 aliphatic rings. The van der Waals surface area contributed by atoms with Crippen LogP contribution >= 0.6 is 15.9 Å². The molecule has 0 aliphatic heterocycles. The van der Waals surface area contributed by atoms with Gasteiger partial charge in [0.25, 0.3) is 0 Å². The van der Waals surface area contributed by atoms with Gasteiger partial charge in [-0.25, -0.2) is 4.98 Å². The number of nitrogens with zero attached hydrogens (tertiary/aromatic N) is 2. The number of carboxylic acids is 1. The zero-order valence-electron chi connectivity index (χ0n) is 10.6. The van der Waals surface area contributed by atoms with Gasteiger partial charge in [-0.15, -0.1) is 0 Å². The molecule has 1 aromatic heterocycles. The summed E-state index contributed by atoms with van der Waals surface area (Å²) in [6, 6.07) is 5.87. The van der Waals surface area contributed by atoms with Crippen molar-refractivity contribution in [2.75, 3.05) is 0 Å². The van der Waals surface area contributed by atoms with Gasteiger partial charge in [0.15, 0.2) is 0 Å². The smallest absolute Gasteiger partial charge is 0.309 e. The lowest BCUT2D eigenvalue weighted by Crippen LogP contribution is -2.27. The second-order valence-corrected chi connectivity index (χ2v) is 6.00. The monoisotopic (exact) mass is 310 g/mol. The molecule has 1 aromatic carbocycles. The maximum absolute atomic E-state index is 11.2. The van der Waals surface area contributed by atoms with Crippen LogP contribution in [-0.2, 0) is 18.3 Å². The van der Waals surface area contributed by atoms with E-state index in [-0.39, 0.29) is 0 Å². The molecule has 0 spiro atoms. The van der Waals surface area contributed by atoms with Crippen LogP contribution in [0.2, 0.25) is 0 Å². The molecule has 2 rings (SSSR count). The zero-order valence-corrected chi connectivity index (χ0v) is 12.2. The average molecular weight is 311 g/mol. The Hall–Kier alpha value is -1.36.